The van der Waals surface area contributed by atoms with Gasteiger partial charge in [-0.25, -0.2) is 5.01 Å². The summed E-state index contributed by atoms with van der Waals surface area (Å²) in [6.45, 7) is 2.07. The van der Waals surface area contributed by atoms with Gasteiger partial charge in [0.25, 0.3) is 0 Å². The number of hydrogen-bond acceptors (Lipinski definition) is 2. The minimum Gasteiger partial charge on any atom is -0.234 e. The minimum atomic E-state index is 0.981. The van der Waals surface area contributed by atoms with Crippen molar-refractivity contribution in [1.82, 2.24) is 0 Å². The zero-order valence-electron chi connectivity index (χ0n) is 14.7. The lowest BCUT2D eigenvalue weighted by Crippen LogP contribution is -2.12. The number of fused-ring (bicyclic) bond motifs is 1. The highest BCUT2D eigenvalue weighted by Gasteiger charge is 2.10. The first-order valence-corrected chi connectivity index (χ1v) is 8.76. The Hall–Kier alpha value is -3.39. The minimum absolute atomic E-state index is 0.981. The quantitative estimate of drug-likeness (QED) is 0.311. The van der Waals surface area contributed by atoms with Crippen LogP contribution in [-0.2, 0) is 0 Å². The SMILES string of the molecule is C/C(=N\N(c1ccccc1)c1ccccc1)c1cccc2ccccc12. The topological polar surface area (TPSA) is 15.6 Å². The highest BCUT2D eigenvalue weighted by atomic mass is 15.5. The molecule has 126 valence electrons. The molecule has 4 rings (SSSR count). The standard InChI is InChI=1S/C24H20N2/c1-19(23-18-10-12-20-11-8-9-17-24(20)23)25-26(21-13-4-2-5-14-21)22-15-6-3-7-16-22/h2-18H,1H3/b25-19+. The first-order chi connectivity index (χ1) is 12.8. The van der Waals surface area contributed by atoms with Gasteiger partial charge in [0.2, 0.25) is 0 Å². The van der Waals surface area contributed by atoms with Crippen LogP contribution < -0.4 is 5.01 Å². The Morgan fingerprint density at radius 1 is 0.615 bits per heavy atom. The van der Waals surface area contributed by atoms with Crippen molar-refractivity contribution in [3.8, 4) is 0 Å². The van der Waals surface area contributed by atoms with Gasteiger partial charge in [0.15, 0.2) is 0 Å². The predicted octanol–water partition coefficient (Wildman–Crippen LogP) is 6.40. The number of nitrogens with zero attached hydrogens (tertiary/aromatic N) is 2. The molecule has 0 aliphatic heterocycles. The van der Waals surface area contributed by atoms with Gasteiger partial charge in [0.05, 0.1) is 17.1 Å². The average Bonchev–Trinajstić information content (AvgIpc) is 2.72. The van der Waals surface area contributed by atoms with Crippen LogP contribution >= 0.6 is 0 Å². The van der Waals surface area contributed by atoms with E-state index in [1.807, 2.05) is 41.4 Å². The van der Waals surface area contributed by atoms with Gasteiger partial charge in [-0.3, -0.25) is 0 Å². The molecule has 0 heterocycles. The zero-order valence-corrected chi connectivity index (χ0v) is 14.7. The maximum Gasteiger partial charge on any atom is 0.0661 e. The van der Waals surface area contributed by atoms with E-state index in [9.17, 15) is 0 Å². The maximum absolute atomic E-state index is 4.99. The molecule has 0 aliphatic rings. The van der Waals surface area contributed by atoms with Gasteiger partial charge >= 0.3 is 0 Å². The van der Waals surface area contributed by atoms with Crippen molar-refractivity contribution < 1.29 is 0 Å². The van der Waals surface area contributed by atoms with Crippen LogP contribution in [0.25, 0.3) is 10.8 Å². The summed E-state index contributed by atoms with van der Waals surface area (Å²) in [6.07, 6.45) is 0. The number of anilines is 2. The van der Waals surface area contributed by atoms with E-state index in [0.29, 0.717) is 0 Å². The van der Waals surface area contributed by atoms with Crippen LogP contribution in [0, 0.1) is 0 Å². The van der Waals surface area contributed by atoms with Crippen LogP contribution in [0.2, 0.25) is 0 Å². The second-order valence-corrected chi connectivity index (χ2v) is 6.20. The summed E-state index contributed by atoms with van der Waals surface area (Å²) in [6, 6.07) is 35.3. The molecule has 0 spiro atoms. The van der Waals surface area contributed by atoms with E-state index in [-0.39, 0.29) is 0 Å². The van der Waals surface area contributed by atoms with Crippen LogP contribution in [0.4, 0.5) is 11.4 Å². The summed E-state index contributed by atoms with van der Waals surface area (Å²) in [7, 11) is 0. The zero-order chi connectivity index (χ0) is 17.8. The van der Waals surface area contributed by atoms with Crippen molar-refractivity contribution in [3.63, 3.8) is 0 Å². The highest BCUT2D eigenvalue weighted by Crippen LogP contribution is 2.27. The van der Waals surface area contributed by atoms with Gasteiger partial charge in [-0.05, 0) is 42.0 Å². The Kier molecular flexibility index (Phi) is 4.48. The molecule has 4 aromatic carbocycles. The van der Waals surface area contributed by atoms with E-state index < -0.39 is 0 Å². The monoisotopic (exact) mass is 336 g/mol. The summed E-state index contributed by atoms with van der Waals surface area (Å²) in [5, 5.41) is 9.43. The molecule has 0 N–H and O–H groups in total. The van der Waals surface area contributed by atoms with Crippen molar-refractivity contribution in [3.05, 3.63) is 109 Å². The summed E-state index contributed by atoms with van der Waals surface area (Å²) in [5.74, 6) is 0. The second-order valence-electron chi connectivity index (χ2n) is 6.20. The fourth-order valence-corrected chi connectivity index (χ4v) is 3.15. The number of rotatable bonds is 4. The Bertz CT molecular complexity index is 992. The lowest BCUT2D eigenvalue weighted by Gasteiger charge is -2.21. The predicted molar refractivity (Wildman–Crippen MR) is 111 cm³/mol. The van der Waals surface area contributed by atoms with Crippen LogP contribution in [0.15, 0.2) is 108 Å². The Morgan fingerprint density at radius 3 is 1.81 bits per heavy atom. The van der Waals surface area contributed by atoms with Gasteiger partial charge in [-0.15, -0.1) is 0 Å². The molecule has 0 saturated heterocycles. The summed E-state index contributed by atoms with van der Waals surface area (Å²) < 4.78 is 0. The van der Waals surface area contributed by atoms with E-state index in [2.05, 4.69) is 73.7 Å². The number of hydrazone groups is 1. The molecule has 0 bridgehead atoms. The summed E-state index contributed by atoms with van der Waals surface area (Å²) in [5.41, 5.74) is 4.21. The lowest BCUT2D eigenvalue weighted by molar-refractivity contribution is 1.08. The third-order valence-corrected chi connectivity index (χ3v) is 4.43. The summed E-state index contributed by atoms with van der Waals surface area (Å²) >= 11 is 0. The van der Waals surface area contributed by atoms with Gasteiger partial charge in [0, 0.05) is 5.56 Å². The molecule has 0 radical (unpaired) electrons. The molecular weight excluding hydrogens is 316 g/mol. The Labute approximate surface area is 154 Å². The third-order valence-electron chi connectivity index (χ3n) is 4.43. The number of para-hydroxylation sites is 2. The highest BCUT2D eigenvalue weighted by molar-refractivity contribution is 6.10. The molecule has 4 aromatic rings. The Balaban J connectivity index is 1.84. The van der Waals surface area contributed by atoms with Crippen LogP contribution in [0.5, 0.6) is 0 Å². The van der Waals surface area contributed by atoms with Gasteiger partial charge in [0.1, 0.15) is 0 Å². The van der Waals surface area contributed by atoms with Crippen molar-refractivity contribution in [2.75, 3.05) is 5.01 Å². The molecule has 2 heteroatoms. The molecule has 0 saturated carbocycles. The second kappa shape index (κ2) is 7.24. The van der Waals surface area contributed by atoms with Gasteiger partial charge < -0.3 is 0 Å². The fraction of sp³-hybridized carbons (Fsp3) is 0.0417. The van der Waals surface area contributed by atoms with Crippen molar-refractivity contribution in [2.24, 2.45) is 5.10 Å². The molecule has 2 nitrogen and oxygen atoms in total. The largest absolute Gasteiger partial charge is 0.234 e. The van der Waals surface area contributed by atoms with Crippen molar-refractivity contribution in [1.29, 1.82) is 0 Å². The van der Waals surface area contributed by atoms with Gasteiger partial charge in [-0.2, -0.15) is 5.10 Å². The normalized spacial score (nSPS) is 11.5. The number of benzene rings is 4. The van der Waals surface area contributed by atoms with E-state index >= 15 is 0 Å². The molecule has 26 heavy (non-hydrogen) atoms. The number of hydrogen-bond donors (Lipinski definition) is 0. The first kappa shape index (κ1) is 16.1. The Morgan fingerprint density at radius 2 is 1.15 bits per heavy atom. The fourth-order valence-electron chi connectivity index (χ4n) is 3.15. The van der Waals surface area contributed by atoms with Crippen LogP contribution in [-0.4, -0.2) is 5.71 Å². The van der Waals surface area contributed by atoms with Crippen LogP contribution in [0.3, 0.4) is 0 Å². The average molecular weight is 336 g/mol. The first-order valence-electron chi connectivity index (χ1n) is 8.76. The van der Waals surface area contributed by atoms with Gasteiger partial charge in [-0.1, -0.05) is 78.9 Å². The molecule has 0 fully saturated rings. The molecule has 0 unspecified atom stereocenters. The molecule has 0 amide bonds. The van der Waals surface area contributed by atoms with E-state index in [4.69, 9.17) is 5.10 Å². The third kappa shape index (κ3) is 3.22. The molecular formula is C24H20N2. The smallest absolute Gasteiger partial charge is 0.0661 e. The maximum atomic E-state index is 4.99. The summed E-state index contributed by atoms with van der Waals surface area (Å²) in [4.78, 5) is 0. The van der Waals surface area contributed by atoms with Crippen molar-refractivity contribution >= 4 is 27.9 Å². The van der Waals surface area contributed by atoms with E-state index in [1.54, 1.807) is 0 Å². The lowest BCUT2D eigenvalue weighted by atomic mass is 10.0. The molecule has 0 aliphatic carbocycles. The molecule has 0 atom stereocenters. The van der Waals surface area contributed by atoms with E-state index in [0.717, 1.165) is 22.6 Å². The van der Waals surface area contributed by atoms with Crippen LogP contribution in [0.1, 0.15) is 12.5 Å². The van der Waals surface area contributed by atoms with Crippen molar-refractivity contribution in [2.45, 2.75) is 6.92 Å². The van der Waals surface area contributed by atoms with E-state index in [1.165, 1.54) is 10.8 Å². The molecule has 0 aromatic heterocycles.